The molecule has 2 atom stereocenters. The molecule has 1 fully saturated rings. The average molecular weight is 243 g/mol. The Morgan fingerprint density at radius 3 is 2.71 bits per heavy atom. The molecule has 0 N–H and O–H groups in total. The third-order valence-corrected chi connectivity index (χ3v) is 3.55. The summed E-state index contributed by atoms with van der Waals surface area (Å²) in [5.41, 5.74) is 0. The maximum atomic E-state index is 5.79. The van der Waals surface area contributed by atoms with E-state index in [1.165, 1.54) is 25.7 Å². The summed E-state index contributed by atoms with van der Waals surface area (Å²) in [6, 6.07) is 0.967. The molecule has 3 heteroatoms. The zero-order chi connectivity index (χ0) is 12.7. The van der Waals surface area contributed by atoms with Crippen LogP contribution in [0, 0.1) is 0 Å². The SMILES string of the molecule is CCCCCCOCC1C(C)OCN1C(C)C. The van der Waals surface area contributed by atoms with E-state index in [0.717, 1.165) is 19.9 Å². The van der Waals surface area contributed by atoms with E-state index in [2.05, 4.69) is 32.6 Å². The molecule has 1 saturated heterocycles. The van der Waals surface area contributed by atoms with Crippen molar-refractivity contribution in [1.82, 2.24) is 4.90 Å². The Kier molecular flexibility index (Phi) is 7.09. The Labute approximate surface area is 106 Å². The van der Waals surface area contributed by atoms with Crippen molar-refractivity contribution in [1.29, 1.82) is 0 Å². The molecule has 1 aliphatic heterocycles. The van der Waals surface area contributed by atoms with Crippen molar-refractivity contribution in [2.75, 3.05) is 19.9 Å². The summed E-state index contributed by atoms with van der Waals surface area (Å²) >= 11 is 0. The minimum Gasteiger partial charge on any atom is -0.380 e. The molecule has 2 unspecified atom stereocenters. The standard InChI is InChI=1S/C14H29NO2/c1-5-6-7-8-9-16-10-14-13(4)17-11-15(14)12(2)3/h12-14H,5-11H2,1-4H3. The zero-order valence-electron chi connectivity index (χ0n) is 11.9. The second-order valence-electron chi connectivity index (χ2n) is 5.31. The molecule has 1 aliphatic rings. The van der Waals surface area contributed by atoms with Crippen LogP contribution >= 0.6 is 0 Å². The number of unbranched alkanes of at least 4 members (excludes halogenated alkanes) is 3. The first-order valence-corrected chi connectivity index (χ1v) is 7.12. The van der Waals surface area contributed by atoms with Gasteiger partial charge in [-0.2, -0.15) is 0 Å². The predicted octanol–water partition coefficient (Wildman–Crippen LogP) is 3.04. The first kappa shape index (κ1) is 14.9. The number of ether oxygens (including phenoxy) is 2. The van der Waals surface area contributed by atoms with Crippen molar-refractivity contribution in [2.45, 2.75) is 71.6 Å². The summed E-state index contributed by atoms with van der Waals surface area (Å²) in [6.45, 7) is 11.3. The van der Waals surface area contributed by atoms with E-state index in [1.807, 2.05) is 0 Å². The Morgan fingerprint density at radius 2 is 2.06 bits per heavy atom. The van der Waals surface area contributed by atoms with E-state index in [1.54, 1.807) is 0 Å². The van der Waals surface area contributed by atoms with Crippen LogP contribution in [0.3, 0.4) is 0 Å². The van der Waals surface area contributed by atoms with Gasteiger partial charge >= 0.3 is 0 Å². The van der Waals surface area contributed by atoms with Crippen molar-refractivity contribution in [3.63, 3.8) is 0 Å². The van der Waals surface area contributed by atoms with E-state index in [-0.39, 0.29) is 0 Å². The minimum atomic E-state index is 0.299. The second kappa shape index (κ2) is 8.06. The van der Waals surface area contributed by atoms with E-state index < -0.39 is 0 Å². The first-order chi connectivity index (χ1) is 8.16. The normalized spacial score (nSPS) is 25.9. The van der Waals surface area contributed by atoms with E-state index in [0.29, 0.717) is 18.2 Å². The Morgan fingerprint density at radius 1 is 1.29 bits per heavy atom. The summed E-state index contributed by atoms with van der Waals surface area (Å²) in [7, 11) is 0. The van der Waals surface area contributed by atoms with Crippen LogP contribution < -0.4 is 0 Å². The van der Waals surface area contributed by atoms with Crippen LogP contribution in [-0.4, -0.2) is 43.0 Å². The van der Waals surface area contributed by atoms with Crippen LogP contribution in [-0.2, 0) is 9.47 Å². The molecule has 1 heterocycles. The highest BCUT2D eigenvalue weighted by Gasteiger charge is 2.33. The van der Waals surface area contributed by atoms with Gasteiger partial charge in [-0.1, -0.05) is 26.2 Å². The van der Waals surface area contributed by atoms with Gasteiger partial charge < -0.3 is 9.47 Å². The number of hydrogen-bond acceptors (Lipinski definition) is 3. The molecular weight excluding hydrogens is 214 g/mol. The summed E-state index contributed by atoms with van der Waals surface area (Å²) in [6.07, 6.45) is 5.39. The lowest BCUT2D eigenvalue weighted by Gasteiger charge is -2.27. The van der Waals surface area contributed by atoms with Gasteiger partial charge in [-0.15, -0.1) is 0 Å². The fourth-order valence-electron chi connectivity index (χ4n) is 2.28. The molecule has 102 valence electrons. The van der Waals surface area contributed by atoms with Gasteiger partial charge in [-0.3, -0.25) is 4.90 Å². The van der Waals surface area contributed by atoms with Crippen molar-refractivity contribution in [2.24, 2.45) is 0 Å². The van der Waals surface area contributed by atoms with Crippen LogP contribution in [0.1, 0.15) is 53.4 Å². The molecule has 3 nitrogen and oxygen atoms in total. The van der Waals surface area contributed by atoms with Gasteiger partial charge in [0.1, 0.15) is 6.73 Å². The fraction of sp³-hybridized carbons (Fsp3) is 1.00. The van der Waals surface area contributed by atoms with Gasteiger partial charge in [-0.25, -0.2) is 0 Å². The molecule has 0 aromatic rings. The number of nitrogens with zero attached hydrogens (tertiary/aromatic N) is 1. The summed E-state index contributed by atoms with van der Waals surface area (Å²) in [5.74, 6) is 0. The van der Waals surface area contributed by atoms with Gasteiger partial charge in [0.15, 0.2) is 0 Å². The quantitative estimate of drug-likeness (QED) is 0.612. The first-order valence-electron chi connectivity index (χ1n) is 7.12. The number of hydrogen-bond donors (Lipinski definition) is 0. The largest absolute Gasteiger partial charge is 0.380 e. The molecule has 0 radical (unpaired) electrons. The monoisotopic (exact) mass is 243 g/mol. The fourth-order valence-corrected chi connectivity index (χ4v) is 2.28. The molecule has 0 spiro atoms. The van der Waals surface area contributed by atoms with Crippen molar-refractivity contribution < 1.29 is 9.47 Å². The topological polar surface area (TPSA) is 21.7 Å². The molecular formula is C14H29NO2. The lowest BCUT2D eigenvalue weighted by molar-refractivity contribution is 0.0597. The minimum absolute atomic E-state index is 0.299. The Balaban J connectivity index is 2.15. The van der Waals surface area contributed by atoms with Gasteiger partial charge in [-0.05, 0) is 27.2 Å². The van der Waals surface area contributed by atoms with Crippen molar-refractivity contribution in [3.8, 4) is 0 Å². The predicted molar refractivity (Wildman–Crippen MR) is 71.1 cm³/mol. The summed E-state index contributed by atoms with van der Waals surface area (Å²) in [5, 5.41) is 0. The van der Waals surface area contributed by atoms with Crippen LogP contribution in [0.5, 0.6) is 0 Å². The third kappa shape index (κ3) is 4.94. The van der Waals surface area contributed by atoms with Gasteiger partial charge in [0, 0.05) is 12.6 Å². The lowest BCUT2D eigenvalue weighted by atomic mass is 10.1. The van der Waals surface area contributed by atoms with Gasteiger partial charge in [0.05, 0.1) is 18.8 Å². The highest BCUT2D eigenvalue weighted by Crippen LogP contribution is 2.20. The highest BCUT2D eigenvalue weighted by atomic mass is 16.5. The molecule has 0 aromatic heterocycles. The lowest BCUT2D eigenvalue weighted by Crippen LogP contribution is -2.42. The molecule has 1 rings (SSSR count). The number of rotatable bonds is 8. The molecule has 0 aromatic carbocycles. The smallest absolute Gasteiger partial charge is 0.100 e. The van der Waals surface area contributed by atoms with Crippen LogP contribution in [0.4, 0.5) is 0 Å². The van der Waals surface area contributed by atoms with E-state index in [9.17, 15) is 0 Å². The molecule has 0 saturated carbocycles. The molecule has 17 heavy (non-hydrogen) atoms. The summed E-state index contributed by atoms with van der Waals surface area (Å²) in [4.78, 5) is 2.39. The highest BCUT2D eigenvalue weighted by molar-refractivity contribution is 4.83. The van der Waals surface area contributed by atoms with E-state index in [4.69, 9.17) is 9.47 Å². The Hall–Kier alpha value is -0.120. The van der Waals surface area contributed by atoms with Gasteiger partial charge in [0.25, 0.3) is 0 Å². The zero-order valence-corrected chi connectivity index (χ0v) is 11.9. The van der Waals surface area contributed by atoms with Gasteiger partial charge in [0.2, 0.25) is 0 Å². The van der Waals surface area contributed by atoms with E-state index >= 15 is 0 Å². The van der Waals surface area contributed by atoms with Crippen LogP contribution in [0.25, 0.3) is 0 Å². The maximum absolute atomic E-state index is 5.79. The second-order valence-corrected chi connectivity index (χ2v) is 5.31. The molecule has 0 aliphatic carbocycles. The average Bonchev–Trinajstić information content (AvgIpc) is 2.65. The van der Waals surface area contributed by atoms with Crippen LogP contribution in [0.2, 0.25) is 0 Å². The Bertz CT molecular complexity index is 197. The third-order valence-electron chi connectivity index (χ3n) is 3.55. The van der Waals surface area contributed by atoms with Crippen molar-refractivity contribution in [3.05, 3.63) is 0 Å². The van der Waals surface area contributed by atoms with Crippen molar-refractivity contribution >= 4 is 0 Å². The molecule has 0 bridgehead atoms. The van der Waals surface area contributed by atoms with Crippen LogP contribution in [0.15, 0.2) is 0 Å². The summed E-state index contributed by atoms with van der Waals surface area (Å²) < 4.78 is 11.5. The molecule has 0 amide bonds. The maximum Gasteiger partial charge on any atom is 0.100 e.